The Hall–Kier alpha value is -3.56. The maximum absolute atomic E-state index is 13.3. The zero-order valence-electron chi connectivity index (χ0n) is 20.0. The molecule has 0 spiro atoms. The Morgan fingerprint density at radius 1 is 0.914 bits per heavy atom. The summed E-state index contributed by atoms with van der Waals surface area (Å²) in [5.74, 6) is 0.456. The number of ether oxygens (including phenoxy) is 4. The van der Waals surface area contributed by atoms with Crippen molar-refractivity contribution in [2.75, 3.05) is 40.3 Å². The molecule has 0 saturated heterocycles. The van der Waals surface area contributed by atoms with Crippen LogP contribution in [0.5, 0.6) is 17.2 Å². The summed E-state index contributed by atoms with van der Waals surface area (Å²) in [6.45, 7) is 0.114. The van der Waals surface area contributed by atoms with Gasteiger partial charge in [0.15, 0.2) is 18.0 Å². The van der Waals surface area contributed by atoms with E-state index in [1.807, 2.05) is 53.8 Å². The Kier molecular flexibility index (Phi) is 9.11. The Balaban J connectivity index is 2.01. The third kappa shape index (κ3) is 6.32. The Labute approximate surface area is 212 Å². The average Bonchev–Trinajstić information content (AvgIpc) is 2.89. The molecule has 0 aliphatic rings. The zero-order valence-corrected chi connectivity index (χ0v) is 21.5. The molecule has 35 heavy (non-hydrogen) atoms. The van der Waals surface area contributed by atoms with Gasteiger partial charge >= 0.3 is 5.97 Å². The van der Waals surface area contributed by atoms with Crippen LogP contribution in [0.4, 0.5) is 5.69 Å². The number of halogens is 1. The minimum Gasteiger partial charge on any atom is -0.493 e. The van der Waals surface area contributed by atoms with Gasteiger partial charge in [-0.2, -0.15) is 0 Å². The number of anilines is 1. The van der Waals surface area contributed by atoms with E-state index in [2.05, 4.69) is 21.2 Å². The molecule has 3 rings (SSSR count). The predicted molar refractivity (Wildman–Crippen MR) is 135 cm³/mol. The summed E-state index contributed by atoms with van der Waals surface area (Å²) in [5.41, 5.74) is 2.72. The van der Waals surface area contributed by atoms with Crippen LogP contribution in [-0.2, 0) is 9.53 Å². The number of nitrogens with two attached hydrogens (primary N) is 1. The highest BCUT2D eigenvalue weighted by atomic mass is 79.9. The van der Waals surface area contributed by atoms with Crippen LogP contribution in [0.25, 0.3) is 0 Å². The van der Waals surface area contributed by atoms with Crippen molar-refractivity contribution in [3.63, 3.8) is 0 Å². The second-order valence-electron chi connectivity index (χ2n) is 7.50. The maximum Gasteiger partial charge on any atom is 0.361 e. The third-order valence-electron chi connectivity index (χ3n) is 5.43. The van der Waals surface area contributed by atoms with Gasteiger partial charge in [-0.05, 0) is 30.3 Å². The molecule has 3 aromatic carbocycles. The Bertz CT molecular complexity index is 1160. The molecule has 0 aliphatic carbocycles. The number of benzene rings is 3. The van der Waals surface area contributed by atoms with Crippen molar-refractivity contribution in [2.24, 2.45) is 0 Å². The number of rotatable bonds is 10. The lowest BCUT2D eigenvalue weighted by molar-refractivity contribution is -0.677. The van der Waals surface area contributed by atoms with Gasteiger partial charge in [0.1, 0.15) is 6.04 Å². The second-order valence-corrected chi connectivity index (χ2v) is 8.42. The van der Waals surface area contributed by atoms with E-state index in [0.717, 1.165) is 15.6 Å². The molecule has 0 saturated carbocycles. The molecule has 9 heteroatoms. The number of hydrogen-bond donors (Lipinski definition) is 2. The minimum absolute atomic E-state index is 0.114. The van der Waals surface area contributed by atoms with E-state index in [4.69, 9.17) is 18.9 Å². The van der Waals surface area contributed by atoms with Gasteiger partial charge in [-0.1, -0.05) is 46.3 Å². The second kappa shape index (κ2) is 12.2. The highest BCUT2D eigenvalue weighted by molar-refractivity contribution is 9.10. The summed E-state index contributed by atoms with van der Waals surface area (Å²) in [7, 11) is 5.85. The van der Waals surface area contributed by atoms with Crippen molar-refractivity contribution in [1.82, 2.24) is 0 Å². The minimum atomic E-state index is -0.354. The summed E-state index contributed by atoms with van der Waals surface area (Å²) in [4.78, 5) is 25.2. The van der Waals surface area contributed by atoms with Gasteiger partial charge in [-0.25, -0.2) is 4.79 Å². The first-order chi connectivity index (χ1) is 16.9. The maximum atomic E-state index is 13.3. The van der Waals surface area contributed by atoms with E-state index in [-0.39, 0.29) is 24.5 Å². The smallest absolute Gasteiger partial charge is 0.361 e. The van der Waals surface area contributed by atoms with Gasteiger partial charge in [0, 0.05) is 21.2 Å². The van der Waals surface area contributed by atoms with Gasteiger partial charge in [-0.3, -0.25) is 4.79 Å². The van der Waals surface area contributed by atoms with Gasteiger partial charge in [0.2, 0.25) is 5.75 Å². The van der Waals surface area contributed by atoms with Crippen LogP contribution < -0.4 is 24.8 Å². The molecule has 3 aromatic rings. The van der Waals surface area contributed by atoms with Crippen LogP contribution in [0.15, 0.2) is 65.1 Å². The molecular formula is C26H28BrN2O6+. The molecule has 0 aromatic heterocycles. The molecule has 0 aliphatic heterocycles. The number of nitrogens with one attached hydrogen (secondary N) is 1. The molecule has 184 valence electrons. The van der Waals surface area contributed by atoms with Crippen LogP contribution >= 0.6 is 15.9 Å². The van der Waals surface area contributed by atoms with Crippen LogP contribution in [0.2, 0.25) is 0 Å². The van der Waals surface area contributed by atoms with Crippen LogP contribution in [0, 0.1) is 0 Å². The quantitative estimate of drug-likeness (QED) is 0.379. The van der Waals surface area contributed by atoms with Crippen LogP contribution in [0.1, 0.15) is 27.5 Å². The first-order valence-electron chi connectivity index (χ1n) is 10.8. The van der Waals surface area contributed by atoms with Crippen molar-refractivity contribution < 1.29 is 33.9 Å². The summed E-state index contributed by atoms with van der Waals surface area (Å²) in [6.07, 6.45) is 0. The van der Waals surface area contributed by atoms with Gasteiger partial charge in [0.25, 0.3) is 5.91 Å². The van der Waals surface area contributed by atoms with E-state index < -0.39 is 0 Å². The predicted octanol–water partition coefficient (Wildman–Crippen LogP) is 3.55. The SMILES string of the molecule is COC(=O)C[NH2+][C@@H](c1ccccc1)c1cc(Br)ccc1NC(=O)c1cc(OC)c(OC)c(OC)c1. The molecule has 0 fully saturated rings. The first-order valence-corrected chi connectivity index (χ1v) is 11.6. The largest absolute Gasteiger partial charge is 0.493 e. The number of quaternary nitrogens is 1. The third-order valence-corrected chi connectivity index (χ3v) is 5.92. The number of esters is 1. The van der Waals surface area contributed by atoms with Gasteiger partial charge < -0.3 is 29.6 Å². The molecular weight excluding hydrogens is 516 g/mol. The molecule has 0 bridgehead atoms. The number of hydrogen-bond acceptors (Lipinski definition) is 6. The molecule has 0 heterocycles. The van der Waals surface area contributed by atoms with Gasteiger partial charge in [0.05, 0.1) is 34.1 Å². The highest BCUT2D eigenvalue weighted by Gasteiger charge is 2.24. The molecule has 0 unspecified atom stereocenters. The fourth-order valence-electron chi connectivity index (χ4n) is 3.71. The topological polar surface area (TPSA) is 99.7 Å². The molecule has 1 amide bonds. The van der Waals surface area contributed by atoms with Crippen LogP contribution in [0.3, 0.4) is 0 Å². The lowest BCUT2D eigenvalue weighted by atomic mass is 9.96. The fourth-order valence-corrected chi connectivity index (χ4v) is 4.09. The summed E-state index contributed by atoms with van der Waals surface area (Å²) in [6, 6.07) is 18.2. The van der Waals surface area contributed by atoms with E-state index in [9.17, 15) is 9.59 Å². The van der Waals surface area contributed by atoms with Crippen molar-refractivity contribution in [3.8, 4) is 17.2 Å². The summed E-state index contributed by atoms with van der Waals surface area (Å²) in [5, 5.41) is 4.87. The number of carbonyl (C=O) groups excluding carboxylic acids is 2. The van der Waals surface area contributed by atoms with Crippen molar-refractivity contribution in [1.29, 1.82) is 0 Å². The van der Waals surface area contributed by atoms with Crippen LogP contribution in [-0.4, -0.2) is 46.9 Å². The molecule has 3 N–H and O–H groups in total. The Morgan fingerprint density at radius 3 is 2.14 bits per heavy atom. The van der Waals surface area contributed by atoms with Crippen molar-refractivity contribution in [3.05, 3.63) is 81.8 Å². The molecule has 0 radical (unpaired) electrons. The number of amides is 1. The van der Waals surface area contributed by atoms with E-state index >= 15 is 0 Å². The van der Waals surface area contributed by atoms with Crippen molar-refractivity contribution >= 4 is 33.5 Å². The summed E-state index contributed by atoms with van der Waals surface area (Å²) < 4.78 is 21.8. The highest BCUT2D eigenvalue weighted by Crippen LogP contribution is 2.38. The Morgan fingerprint density at radius 2 is 1.57 bits per heavy atom. The lowest BCUT2D eigenvalue weighted by Gasteiger charge is -2.20. The summed E-state index contributed by atoms with van der Waals surface area (Å²) >= 11 is 3.53. The lowest BCUT2D eigenvalue weighted by Crippen LogP contribution is -2.87. The fraction of sp³-hybridized carbons (Fsp3) is 0.231. The van der Waals surface area contributed by atoms with Gasteiger partial charge in [-0.15, -0.1) is 0 Å². The van der Waals surface area contributed by atoms with E-state index in [1.54, 1.807) is 12.1 Å². The average molecular weight is 544 g/mol. The van der Waals surface area contributed by atoms with Crippen molar-refractivity contribution in [2.45, 2.75) is 6.04 Å². The van der Waals surface area contributed by atoms with E-state index in [1.165, 1.54) is 28.4 Å². The number of carbonyl (C=O) groups is 2. The number of methoxy groups -OCH3 is 4. The monoisotopic (exact) mass is 543 g/mol. The van der Waals surface area contributed by atoms with E-state index in [0.29, 0.717) is 28.5 Å². The molecule has 8 nitrogen and oxygen atoms in total. The molecule has 1 atom stereocenters. The normalized spacial score (nSPS) is 11.3. The zero-order chi connectivity index (χ0) is 25.4. The first kappa shape index (κ1) is 26.1. The standard InChI is InChI=1S/C26H27BrN2O6/c1-32-21-12-17(13-22(33-2)25(21)35-4)26(31)29-20-11-10-18(27)14-19(20)24(28-15-23(30)34-3)16-8-6-5-7-9-16/h5-14,24,28H,15H2,1-4H3,(H,29,31)/p+1/t24-/m0/s1.